The molecule has 0 spiro atoms. The highest BCUT2D eigenvalue weighted by molar-refractivity contribution is 8.00. The summed E-state index contributed by atoms with van der Waals surface area (Å²) in [6.07, 6.45) is 1.94. The number of ether oxygens (including phenoxy) is 2. The molecule has 0 saturated heterocycles. The van der Waals surface area contributed by atoms with Gasteiger partial charge in [0.2, 0.25) is 11.8 Å². The summed E-state index contributed by atoms with van der Waals surface area (Å²) in [6.45, 7) is 0. The number of rotatable bonds is 7. The van der Waals surface area contributed by atoms with Crippen molar-refractivity contribution in [3.8, 4) is 11.5 Å². The minimum atomic E-state index is -0.155. The number of thioether (sulfide) groups is 1. The molecule has 1 heterocycles. The molecule has 148 valence electrons. The summed E-state index contributed by atoms with van der Waals surface area (Å²) < 4.78 is 10.4. The van der Waals surface area contributed by atoms with Crippen LogP contribution in [0.1, 0.15) is 18.4 Å². The Balaban J connectivity index is 1.50. The number of nitrogens with one attached hydrogen (secondary N) is 2. The zero-order valence-electron chi connectivity index (χ0n) is 16.0. The fourth-order valence-corrected chi connectivity index (χ4v) is 4.13. The largest absolute Gasteiger partial charge is 0.497 e. The van der Waals surface area contributed by atoms with Crippen molar-refractivity contribution in [1.82, 2.24) is 0 Å². The van der Waals surface area contributed by atoms with Crippen LogP contribution in [-0.4, -0.2) is 37.0 Å². The van der Waals surface area contributed by atoms with Crippen molar-refractivity contribution in [2.24, 2.45) is 0 Å². The molecule has 7 heteroatoms. The first-order valence-electron chi connectivity index (χ1n) is 9.12. The van der Waals surface area contributed by atoms with Gasteiger partial charge >= 0.3 is 0 Å². The van der Waals surface area contributed by atoms with E-state index in [-0.39, 0.29) is 17.1 Å². The molecule has 1 atom stereocenters. The Morgan fingerprint density at radius 1 is 1.18 bits per heavy atom. The number of para-hydroxylation sites is 1. The number of carbonyl (C=O) groups is 2. The number of carbonyl (C=O) groups excluding carboxylic acids is 2. The van der Waals surface area contributed by atoms with Crippen LogP contribution in [0.5, 0.6) is 11.5 Å². The molecule has 0 unspecified atom stereocenters. The third-order valence-electron chi connectivity index (χ3n) is 4.53. The summed E-state index contributed by atoms with van der Waals surface area (Å²) in [7, 11) is 3.13. The van der Waals surface area contributed by atoms with Gasteiger partial charge in [-0.3, -0.25) is 9.59 Å². The number of anilines is 2. The predicted octanol–water partition coefficient (Wildman–Crippen LogP) is 3.72. The van der Waals surface area contributed by atoms with E-state index in [1.807, 2.05) is 24.3 Å². The molecule has 2 aromatic rings. The van der Waals surface area contributed by atoms with E-state index < -0.39 is 0 Å². The summed E-state index contributed by atoms with van der Waals surface area (Å²) in [5, 5.41) is 5.69. The number of amides is 2. The molecule has 0 radical (unpaired) electrons. The topological polar surface area (TPSA) is 76.7 Å². The average molecular weight is 401 g/mol. The third-order valence-corrected chi connectivity index (χ3v) is 5.82. The first kappa shape index (κ1) is 20.1. The maximum atomic E-state index is 12.4. The standard InChI is InChI=1S/C21H24N2O4S/c1-26-16-11-15(12-17(13-16)27-2)22-20(24)9-10-28-19-8-7-14-5-3-4-6-18(14)23-21(19)25/h3-6,11-13,19H,7-10H2,1-2H3,(H,22,24)(H,23,25)/t19-/m0/s1. The lowest BCUT2D eigenvalue weighted by molar-refractivity contribution is -0.116. The summed E-state index contributed by atoms with van der Waals surface area (Å²) in [6, 6.07) is 13.1. The van der Waals surface area contributed by atoms with E-state index in [9.17, 15) is 9.59 Å². The van der Waals surface area contributed by atoms with E-state index in [4.69, 9.17) is 9.47 Å². The van der Waals surface area contributed by atoms with Crippen LogP contribution < -0.4 is 20.1 Å². The highest BCUT2D eigenvalue weighted by Crippen LogP contribution is 2.28. The third kappa shape index (κ3) is 5.19. The zero-order chi connectivity index (χ0) is 19.9. The SMILES string of the molecule is COc1cc(NC(=O)CCS[C@H]2CCc3ccccc3NC2=O)cc(OC)c1. The quantitative estimate of drug-likeness (QED) is 0.741. The molecule has 0 saturated carbocycles. The molecule has 3 rings (SSSR count). The van der Waals surface area contributed by atoms with Crippen LogP contribution in [0.15, 0.2) is 42.5 Å². The van der Waals surface area contributed by atoms with Crippen molar-refractivity contribution >= 4 is 35.0 Å². The van der Waals surface area contributed by atoms with Gasteiger partial charge < -0.3 is 20.1 Å². The Hall–Kier alpha value is -2.67. The number of fused-ring (bicyclic) bond motifs is 1. The van der Waals surface area contributed by atoms with Crippen LogP contribution in [-0.2, 0) is 16.0 Å². The zero-order valence-corrected chi connectivity index (χ0v) is 16.8. The molecule has 1 aliphatic heterocycles. The van der Waals surface area contributed by atoms with Crippen molar-refractivity contribution in [2.75, 3.05) is 30.6 Å². The number of aryl methyl sites for hydroxylation is 1. The number of hydrogen-bond acceptors (Lipinski definition) is 5. The molecule has 0 fully saturated rings. The van der Waals surface area contributed by atoms with Crippen LogP contribution >= 0.6 is 11.8 Å². The molecule has 0 aliphatic carbocycles. The maximum absolute atomic E-state index is 12.4. The van der Waals surface area contributed by atoms with Crippen molar-refractivity contribution < 1.29 is 19.1 Å². The molecule has 0 aromatic heterocycles. The molecular weight excluding hydrogens is 376 g/mol. The van der Waals surface area contributed by atoms with Crippen molar-refractivity contribution in [1.29, 1.82) is 0 Å². The molecular formula is C21H24N2O4S. The van der Waals surface area contributed by atoms with Gasteiger partial charge in [-0.2, -0.15) is 0 Å². The summed E-state index contributed by atoms with van der Waals surface area (Å²) in [4.78, 5) is 24.7. The summed E-state index contributed by atoms with van der Waals surface area (Å²) >= 11 is 1.52. The van der Waals surface area contributed by atoms with Crippen LogP contribution in [0, 0.1) is 0 Å². The number of methoxy groups -OCH3 is 2. The minimum absolute atomic E-state index is 0.00731. The van der Waals surface area contributed by atoms with E-state index in [2.05, 4.69) is 10.6 Å². The van der Waals surface area contributed by atoms with Crippen molar-refractivity contribution in [2.45, 2.75) is 24.5 Å². The predicted molar refractivity (Wildman–Crippen MR) is 112 cm³/mol. The lowest BCUT2D eigenvalue weighted by Gasteiger charge is -2.13. The minimum Gasteiger partial charge on any atom is -0.497 e. The van der Waals surface area contributed by atoms with Crippen LogP contribution in [0.3, 0.4) is 0 Å². The molecule has 2 aromatic carbocycles. The normalized spacial score (nSPS) is 15.8. The van der Waals surface area contributed by atoms with Gasteiger partial charge in [-0.15, -0.1) is 11.8 Å². The van der Waals surface area contributed by atoms with E-state index in [1.165, 1.54) is 11.8 Å². The van der Waals surface area contributed by atoms with Crippen molar-refractivity contribution in [3.05, 3.63) is 48.0 Å². The van der Waals surface area contributed by atoms with E-state index in [0.29, 0.717) is 29.4 Å². The monoisotopic (exact) mass is 400 g/mol. The van der Waals surface area contributed by atoms with E-state index >= 15 is 0 Å². The first-order valence-corrected chi connectivity index (χ1v) is 10.2. The Morgan fingerprint density at radius 3 is 2.61 bits per heavy atom. The van der Waals surface area contributed by atoms with Gasteiger partial charge in [0, 0.05) is 41.7 Å². The maximum Gasteiger partial charge on any atom is 0.237 e. The fourth-order valence-electron chi connectivity index (χ4n) is 3.05. The van der Waals surface area contributed by atoms with Crippen LogP contribution in [0.25, 0.3) is 0 Å². The molecule has 28 heavy (non-hydrogen) atoms. The Kier molecular flexibility index (Phi) is 6.81. The van der Waals surface area contributed by atoms with Crippen LogP contribution in [0.2, 0.25) is 0 Å². The smallest absolute Gasteiger partial charge is 0.237 e. The van der Waals surface area contributed by atoms with Gasteiger partial charge in [0.1, 0.15) is 11.5 Å². The second kappa shape index (κ2) is 9.50. The molecule has 6 nitrogen and oxygen atoms in total. The van der Waals surface area contributed by atoms with E-state index in [0.717, 1.165) is 24.1 Å². The Labute approximate surface area is 169 Å². The number of benzene rings is 2. The fraction of sp³-hybridized carbons (Fsp3) is 0.333. The van der Waals surface area contributed by atoms with Gasteiger partial charge in [0.25, 0.3) is 0 Å². The van der Waals surface area contributed by atoms with Crippen LogP contribution in [0.4, 0.5) is 11.4 Å². The first-order chi connectivity index (χ1) is 13.6. The lowest BCUT2D eigenvalue weighted by atomic mass is 10.1. The summed E-state index contributed by atoms with van der Waals surface area (Å²) in [5.74, 6) is 1.69. The molecule has 2 N–H and O–H groups in total. The lowest BCUT2D eigenvalue weighted by Crippen LogP contribution is -2.24. The number of hydrogen-bond donors (Lipinski definition) is 2. The van der Waals surface area contributed by atoms with Gasteiger partial charge in [0.15, 0.2) is 0 Å². The Bertz CT molecular complexity index is 834. The highest BCUT2D eigenvalue weighted by atomic mass is 32.2. The van der Waals surface area contributed by atoms with Crippen molar-refractivity contribution in [3.63, 3.8) is 0 Å². The van der Waals surface area contributed by atoms with E-state index in [1.54, 1.807) is 32.4 Å². The van der Waals surface area contributed by atoms with Gasteiger partial charge in [-0.1, -0.05) is 18.2 Å². The second-order valence-electron chi connectivity index (χ2n) is 6.44. The summed E-state index contributed by atoms with van der Waals surface area (Å²) in [5.41, 5.74) is 2.66. The second-order valence-corrected chi connectivity index (χ2v) is 7.75. The highest BCUT2D eigenvalue weighted by Gasteiger charge is 2.23. The average Bonchev–Trinajstić information content (AvgIpc) is 2.86. The van der Waals surface area contributed by atoms with Gasteiger partial charge in [-0.25, -0.2) is 0 Å². The van der Waals surface area contributed by atoms with Gasteiger partial charge in [-0.05, 0) is 24.5 Å². The Morgan fingerprint density at radius 2 is 1.89 bits per heavy atom. The molecule has 2 amide bonds. The molecule has 1 aliphatic rings. The molecule has 0 bridgehead atoms. The van der Waals surface area contributed by atoms with Gasteiger partial charge in [0.05, 0.1) is 19.5 Å².